The number of carbonyl (C=O) groups excluding carboxylic acids is 1. The summed E-state index contributed by atoms with van der Waals surface area (Å²) in [6.07, 6.45) is 1.60. The number of para-hydroxylation sites is 1. The van der Waals surface area contributed by atoms with Gasteiger partial charge in [-0.05, 0) is 36.6 Å². The maximum atomic E-state index is 12.3. The number of carbonyl (C=O) groups is 1. The molecule has 27 heavy (non-hydrogen) atoms. The quantitative estimate of drug-likeness (QED) is 0.496. The number of benzene rings is 1. The summed E-state index contributed by atoms with van der Waals surface area (Å²) in [5.74, 6) is 0.729. The van der Waals surface area contributed by atoms with Gasteiger partial charge in [-0.2, -0.15) is 0 Å². The highest BCUT2D eigenvalue weighted by molar-refractivity contribution is 7.13. The van der Waals surface area contributed by atoms with E-state index in [-0.39, 0.29) is 6.03 Å². The monoisotopic (exact) mass is 379 g/mol. The minimum absolute atomic E-state index is 0.211. The summed E-state index contributed by atoms with van der Waals surface area (Å²) in [6.45, 7) is 3.85. The predicted molar refractivity (Wildman–Crippen MR) is 109 cm³/mol. The Hall–Kier alpha value is -2.99. The molecule has 0 unspecified atom stereocenters. The Morgan fingerprint density at radius 3 is 2.67 bits per heavy atom. The van der Waals surface area contributed by atoms with Gasteiger partial charge in [-0.1, -0.05) is 24.3 Å². The van der Waals surface area contributed by atoms with Gasteiger partial charge < -0.3 is 19.6 Å². The summed E-state index contributed by atoms with van der Waals surface area (Å²) in [4.78, 5) is 13.5. The first-order chi connectivity index (χ1) is 13.3. The highest BCUT2D eigenvalue weighted by Crippen LogP contribution is 2.36. The van der Waals surface area contributed by atoms with Gasteiger partial charge in [0.15, 0.2) is 0 Å². The molecule has 0 bridgehead atoms. The fraction of sp³-hybridized carbons (Fsp3) is 0.190. The maximum Gasteiger partial charge on any atom is 0.315 e. The molecule has 6 heteroatoms. The highest BCUT2D eigenvalue weighted by Gasteiger charge is 2.18. The average Bonchev–Trinajstić information content (AvgIpc) is 3.44. The molecule has 4 rings (SSSR count). The number of aryl methyl sites for hydroxylation is 1. The second-order valence-corrected chi connectivity index (χ2v) is 7.13. The van der Waals surface area contributed by atoms with E-state index in [4.69, 9.17) is 4.42 Å². The number of thiophene rings is 1. The second-order valence-electron chi connectivity index (χ2n) is 6.18. The molecule has 0 spiro atoms. The van der Waals surface area contributed by atoms with Crippen molar-refractivity contribution in [1.82, 2.24) is 15.2 Å². The third-order valence-corrected chi connectivity index (χ3v) is 5.45. The van der Waals surface area contributed by atoms with Crippen LogP contribution < -0.4 is 10.6 Å². The Balaban J connectivity index is 1.60. The number of hydrogen-bond donors (Lipinski definition) is 2. The van der Waals surface area contributed by atoms with Crippen LogP contribution in [-0.4, -0.2) is 10.6 Å². The van der Waals surface area contributed by atoms with Gasteiger partial charge in [-0.25, -0.2) is 4.79 Å². The molecule has 0 saturated carbocycles. The van der Waals surface area contributed by atoms with Gasteiger partial charge in [0.25, 0.3) is 0 Å². The maximum absolute atomic E-state index is 12.3. The first-order valence-electron chi connectivity index (χ1n) is 8.96. The molecule has 2 amide bonds. The molecule has 1 aromatic carbocycles. The molecule has 0 aliphatic rings. The standard InChI is InChI=1S/C21H21N3O2S/c1-2-24-18-9-4-3-8-16(18)17(20(24)19-10-6-12-27-19)14-23-21(25)22-13-15-7-5-11-26-15/h3-12H,2,13-14H2,1H3,(H2,22,23,25). The van der Waals surface area contributed by atoms with Gasteiger partial charge >= 0.3 is 6.03 Å². The van der Waals surface area contributed by atoms with E-state index >= 15 is 0 Å². The van der Waals surface area contributed by atoms with Crippen molar-refractivity contribution in [3.05, 3.63) is 71.5 Å². The van der Waals surface area contributed by atoms with Crippen LogP contribution in [0.25, 0.3) is 21.5 Å². The van der Waals surface area contributed by atoms with E-state index in [1.165, 1.54) is 21.5 Å². The van der Waals surface area contributed by atoms with Gasteiger partial charge in [-0.3, -0.25) is 0 Å². The van der Waals surface area contributed by atoms with E-state index in [1.54, 1.807) is 17.6 Å². The van der Waals surface area contributed by atoms with Crippen LogP contribution in [0.1, 0.15) is 18.2 Å². The molecule has 0 aliphatic carbocycles. The number of hydrogen-bond acceptors (Lipinski definition) is 3. The normalized spacial score (nSPS) is 11.0. The Kier molecular flexibility index (Phi) is 4.98. The predicted octanol–water partition coefficient (Wildman–Crippen LogP) is 4.98. The second kappa shape index (κ2) is 7.72. The van der Waals surface area contributed by atoms with Crippen molar-refractivity contribution < 1.29 is 9.21 Å². The van der Waals surface area contributed by atoms with Crippen molar-refractivity contribution in [2.24, 2.45) is 0 Å². The number of nitrogens with zero attached hydrogens (tertiary/aromatic N) is 1. The summed E-state index contributed by atoms with van der Waals surface area (Å²) in [5, 5.41) is 9.08. The van der Waals surface area contributed by atoms with Gasteiger partial charge in [0.05, 0.1) is 23.4 Å². The fourth-order valence-electron chi connectivity index (χ4n) is 3.39. The summed E-state index contributed by atoms with van der Waals surface area (Å²) in [6, 6.07) is 16.0. The van der Waals surface area contributed by atoms with Crippen molar-refractivity contribution in [3.8, 4) is 10.6 Å². The molecule has 3 heterocycles. The van der Waals surface area contributed by atoms with Crippen LogP contribution in [0.4, 0.5) is 4.79 Å². The third-order valence-electron chi connectivity index (χ3n) is 4.58. The van der Waals surface area contributed by atoms with Crippen LogP contribution in [0.15, 0.2) is 64.6 Å². The molecule has 0 atom stereocenters. The molecule has 4 aromatic rings. The smallest absolute Gasteiger partial charge is 0.315 e. The lowest BCUT2D eigenvalue weighted by Crippen LogP contribution is -2.34. The molecule has 138 valence electrons. The Morgan fingerprint density at radius 1 is 1.07 bits per heavy atom. The van der Waals surface area contributed by atoms with Gasteiger partial charge in [0.1, 0.15) is 5.76 Å². The SMILES string of the molecule is CCn1c(-c2cccs2)c(CNC(=O)NCc2ccco2)c2ccccc21. The number of rotatable bonds is 6. The minimum Gasteiger partial charge on any atom is -0.467 e. The Labute approximate surface area is 161 Å². The summed E-state index contributed by atoms with van der Waals surface area (Å²) in [5.41, 5.74) is 3.51. The molecular weight excluding hydrogens is 358 g/mol. The number of aromatic nitrogens is 1. The zero-order chi connectivity index (χ0) is 18.6. The summed E-state index contributed by atoms with van der Waals surface area (Å²) < 4.78 is 7.56. The molecule has 0 fully saturated rings. The van der Waals surface area contributed by atoms with Crippen LogP contribution >= 0.6 is 11.3 Å². The molecule has 0 saturated heterocycles. The third kappa shape index (κ3) is 3.48. The molecule has 5 nitrogen and oxygen atoms in total. The van der Waals surface area contributed by atoms with Crippen molar-refractivity contribution >= 4 is 28.3 Å². The average molecular weight is 379 g/mol. The first kappa shape index (κ1) is 17.4. The fourth-order valence-corrected chi connectivity index (χ4v) is 4.20. The number of amides is 2. The zero-order valence-electron chi connectivity index (χ0n) is 15.1. The molecule has 2 N–H and O–H groups in total. The lowest BCUT2D eigenvalue weighted by atomic mass is 10.1. The van der Waals surface area contributed by atoms with Gasteiger partial charge in [-0.15, -0.1) is 11.3 Å². The van der Waals surface area contributed by atoms with E-state index < -0.39 is 0 Å². The van der Waals surface area contributed by atoms with E-state index in [0.717, 1.165) is 17.9 Å². The zero-order valence-corrected chi connectivity index (χ0v) is 15.9. The summed E-state index contributed by atoms with van der Waals surface area (Å²) in [7, 11) is 0. The first-order valence-corrected chi connectivity index (χ1v) is 9.84. The van der Waals surface area contributed by atoms with Crippen LogP contribution in [-0.2, 0) is 19.6 Å². The van der Waals surface area contributed by atoms with E-state index in [1.807, 2.05) is 18.2 Å². The van der Waals surface area contributed by atoms with Crippen LogP contribution in [0.2, 0.25) is 0 Å². The van der Waals surface area contributed by atoms with Crippen molar-refractivity contribution in [2.75, 3.05) is 0 Å². The van der Waals surface area contributed by atoms with E-state index in [2.05, 4.69) is 57.8 Å². The number of urea groups is 1. The van der Waals surface area contributed by atoms with Crippen LogP contribution in [0.5, 0.6) is 0 Å². The Bertz CT molecular complexity index is 1030. The van der Waals surface area contributed by atoms with E-state index in [0.29, 0.717) is 13.1 Å². The largest absolute Gasteiger partial charge is 0.467 e. The molecule has 0 radical (unpaired) electrons. The molecule has 0 aliphatic heterocycles. The van der Waals surface area contributed by atoms with Crippen LogP contribution in [0.3, 0.4) is 0 Å². The van der Waals surface area contributed by atoms with Gasteiger partial charge in [0, 0.05) is 29.6 Å². The minimum atomic E-state index is -0.211. The number of fused-ring (bicyclic) bond motifs is 1. The van der Waals surface area contributed by atoms with E-state index in [9.17, 15) is 4.79 Å². The lowest BCUT2D eigenvalue weighted by Gasteiger charge is -2.10. The summed E-state index contributed by atoms with van der Waals surface area (Å²) >= 11 is 1.72. The number of furan rings is 1. The topological polar surface area (TPSA) is 59.2 Å². The lowest BCUT2D eigenvalue weighted by molar-refractivity contribution is 0.239. The molecule has 3 aromatic heterocycles. The van der Waals surface area contributed by atoms with Crippen molar-refractivity contribution in [3.63, 3.8) is 0 Å². The van der Waals surface area contributed by atoms with Crippen molar-refractivity contribution in [1.29, 1.82) is 0 Å². The Morgan fingerprint density at radius 2 is 1.93 bits per heavy atom. The van der Waals surface area contributed by atoms with Gasteiger partial charge in [0.2, 0.25) is 0 Å². The number of nitrogens with one attached hydrogen (secondary N) is 2. The van der Waals surface area contributed by atoms with Crippen molar-refractivity contribution in [2.45, 2.75) is 26.6 Å². The van der Waals surface area contributed by atoms with Crippen LogP contribution in [0, 0.1) is 0 Å². The molecular formula is C21H21N3O2S. The highest BCUT2D eigenvalue weighted by atomic mass is 32.1.